The Kier molecular flexibility index (Phi) is 14.8. The van der Waals surface area contributed by atoms with Crippen molar-refractivity contribution >= 4 is 44.8 Å². The molecule has 137 valence electrons. The van der Waals surface area contributed by atoms with Crippen molar-refractivity contribution in [2.75, 3.05) is 6.61 Å². The minimum atomic E-state index is -4.16. The molecule has 0 N–H and O–H groups in total. The second kappa shape index (κ2) is 14.9. The number of carbonyl (C=O) groups is 1. The van der Waals surface area contributed by atoms with Crippen LogP contribution in [0.15, 0.2) is 30.3 Å². The van der Waals surface area contributed by atoms with Crippen LogP contribution >= 0.6 is 0 Å². The second-order valence-corrected chi connectivity index (χ2v) is 7.63. The Morgan fingerprint density at radius 3 is 1.84 bits per heavy atom. The maximum Gasteiger partial charge on any atom is 0.335 e. The van der Waals surface area contributed by atoms with E-state index in [9.17, 15) is 13.2 Å². The van der Waals surface area contributed by atoms with Crippen molar-refractivity contribution < 1.29 is 17.4 Å². The normalized spacial score (nSPS) is 11.1. The first-order chi connectivity index (χ1) is 11.6. The molecule has 1 radical (unpaired) electrons. The fourth-order valence-electron chi connectivity index (χ4n) is 2.53. The number of carbonyl (C=O) groups excluding carboxylic acids is 1. The molecule has 0 fully saturated rings. The third-order valence-corrected chi connectivity index (χ3v) is 5.14. The van der Waals surface area contributed by atoms with Crippen molar-refractivity contribution in [1.82, 2.24) is 0 Å². The van der Waals surface area contributed by atoms with Gasteiger partial charge in [-0.3, -0.25) is 8.98 Å². The van der Waals surface area contributed by atoms with E-state index in [1.807, 2.05) is 0 Å². The molecule has 0 amide bonds. The van der Waals surface area contributed by atoms with Crippen LogP contribution in [0.3, 0.4) is 0 Å². The van der Waals surface area contributed by atoms with E-state index >= 15 is 0 Å². The molecule has 0 saturated carbocycles. The van der Waals surface area contributed by atoms with Gasteiger partial charge in [-0.15, -0.1) is 0 Å². The molecule has 1 aromatic carbocycles. The van der Waals surface area contributed by atoms with Gasteiger partial charge in [-0.1, -0.05) is 95.0 Å². The fourth-order valence-corrected chi connectivity index (χ4v) is 3.40. The topological polar surface area (TPSA) is 60.4 Å². The van der Waals surface area contributed by atoms with Crippen LogP contribution in [0, 0.1) is 0 Å². The van der Waals surface area contributed by atoms with E-state index in [-0.39, 0.29) is 41.7 Å². The summed E-state index contributed by atoms with van der Waals surface area (Å²) in [6.07, 6.45) is 11.6. The van der Waals surface area contributed by atoms with Crippen molar-refractivity contribution in [3.63, 3.8) is 0 Å². The fraction of sp³-hybridized carbons (Fsp3) is 0.632. The van der Waals surface area contributed by atoms with E-state index in [2.05, 4.69) is 6.92 Å². The molecule has 0 aliphatic carbocycles. The van der Waals surface area contributed by atoms with Crippen molar-refractivity contribution in [2.24, 2.45) is 0 Å². The van der Waals surface area contributed by atoms with Crippen LogP contribution in [0.4, 0.5) is 0 Å². The summed E-state index contributed by atoms with van der Waals surface area (Å²) in [6, 6.07) is 7.94. The van der Waals surface area contributed by atoms with Gasteiger partial charge in [0, 0.05) is 35.1 Å². The molecule has 1 aromatic rings. The SMILES string of the molecule is CCCCCCCCCCCCOS(=O)(=O)C(=O)c1ccccc1.[Na]. The monoisotopic (exact) mass is 377 g/mol. The minimum absolute atomic E-state index is 0. The molecule has 25 heavy (non-hydrogen) atoms. The van der Waals surface area contributed by atoms with Gasteiger partial charge >= 0.3 is 15.2 Å². The summed E-state index contributed by atoms with van der Waals surface area (Å²) in [5.74, 6) is 0. The van der Waals surface area contributed by atoms with Gasteiger partial charge in [0.15, 0.2) is 0 Å². The van der Waals surface area contributed by atoms with Crippen molar-refractivity contribution in [3.8, 4) is 0 Å². The molecule has 4 nitrogen and oxygen atoms in total. The molecule has 0 aliphatic heterocycles. The Bertz CT molecular complexity index is 558. The zero-order valence-corrected chi connectivity index (χ0v) is 18.5. The summed E-state index contributed by atoms with van der Waals surface area (Å²) < 4.78 is 28.5. The molecule has 0 aliphatic rings. The van der Waals surface area contributed by atoms with Gasteiger partial charge in [-0.05, 0) is 6.42 Å². The first-order valence-electron chi connectivity index (χ1n) is 9.06. The van der Waals surface area contributed by atoms with Gasteiger partial charge in [0.05, 0.1) is 6.61 Å². The Morgan fingerprint density at radius 1 is 0.840 bits per heavy atom. The van der Waals surface area contributed by atoms with E-state index < -0.39 is 15.2 Å². The summed E-state index contributed by atoms with van der Waals surface area (Å²) in [5.41, 5.74) is 0.139. The van der Waals surface area contributed by atoms with Crippen LogP contribution in [0.25, 0.3) is 0 Å². The zero-order chi connectivity index (χ0) is 17.7. The van der Waals surface area contributed by atoms with Crippen LogP contribution in [-0.2, 0) is 14.3 Å². The number of hydrogen-bond acceptors (Lipinski definition) is 4. The van der Waals surface area contributed by atoms with E-state index in [1.165, 1.54) is 57.1 Å². The Morgan fingerprint density at radius 2 is 1.32 bits per heavy atom. The average Bonchev–Trinajstić information content (AvgIpc) is 2.59. The molecule has 0 atom stereocenters. The number of rotatable bonds is 13. The van der Waals surface area contributed by atoms with E-state index in [0.29, 0.717) is 6.42 Å². The largest absolute Gasteiger partial charge is 0.335 e. The molecule has 0 aromatic heterocycles. The average molecular weight is 378 g/mol. The van der Waals surface area contributed by atoms with Crippen LogP contribution in [-0.4, -0.2) is 49.7 Å². The molecule has 0 bridgehead atoms. The summed E-state index contributed by atoms with van der Waals surface area (Å²) >= 11 is 0. The Labute approximate surface area is 175 Å². The minimum Gasteiger partial charge on any atom is -0.273 e. The Balaban J connectivity index is 0.00000576. The van der Waals surface area contributed by atoms with Gasteiger partial charge < -0.3 is 0 Å². The summed E-state index contributed by atoms with van der Waals surface area (Å²) in [4.78, 5) is 11.9. The predicted octanol–water partition coefficient (Wildman–Crippen LogP) is 4.71. The third-order valence-electron chi connectivity index (χ3n) is 3.97. The second-order valence-electron chi connectivity index (χ2n) is 6.11. The number of benzene rings is 1. The molecule has 0 spiro atoms. The predicted molar refractivity (Wildman–Crippen MR) is 103 cm³/mol. The van der Waals surface area contributed by atoms with Gasteiger partial charge in [0.1, 0.15) is 0 Å². The molecular formula is C19H30NaO4S. The molecule has 0 heterocycles. The van der Waals surface area contributed by atoms with Crippen molar-refractivity contribution in [3.05, 3.63) is 35.9 Å². The summed E-state index contributed by atoms with van der Waals surface area (Å²) in [5, 5.41) is -0.963. The summed E-state index contributed by atoms with van der Waals surface area (Å²) in [6.45, 7) is 2.30. The molecule has 0 unspecified atom stereocenters. The third kappa shape index (κ3) is 11.2. The first-order valence-corrected chi connectivity index (χ1v) is 10.5. The van der Waals surface area contributed by atoms with Crippen molar-refractivity contribution in [1.29, 1.82) is 0 Å². The van der Waals surface area contributed by atoms with Crippen LogP contribution < -0.4 is 0 Å². The van der Waals surface area contributed by atoms with E-state index in [4.69, 9.17) is 4.18 Å². The number of unbranched alkanes of at least 4 members (excludes halogenated alkanes) is 9. The summed E-state index contributed by atoms with van der Waals surface area (Å²) in [7, 11) is -4.16. The Hall–Kier alpha value is -0.200. The van der Waals surface area contributed by atoms with Crippen LogP contribution in [0.5, 0.6) is 0 Å². The quantitative estimate of drug-likeness (QED) is 0.284. The van der Waals surface area contributed by atoms with Crippen LogP contribution in [0.1, 0.15) is 81.5 Å². The zero-order valence-electron chi connectivity index (χ0n) is 15.7. The van der Waals surface area contributed by atoms with Crippen LogP contribution in [0.2, 0.25) is 0 Å². The standard InChI is InChI=1S/C19H30O4S.Na/c1-2-3-4-5-6-7-8-9-10-14-17-23-24(21,22)19(20)18-15-12-11-13-16-18;/h11-13,15-16H,2-10,14,17H2,1H3;. The van der Waals surface area contributed by atoms with Gasteiger partial charge in [0.25, 0.3) is 0 Å². The smallest absolute Gasteiger partial charge is 0.273 e. The maximum atomic E-state index is 11.9. The van der Waals surface area contributed by atoms with E-state index in [0.717, 1.165) is 12.8 Å². The maximum absolute atomic E-state index is 11.9. The van der Waals surface area contributed by atoms with Gasteiger partial charge in [-0.25, -0.2) is 0 Å². The van der Waals surface area contributed by atoms with Gasteiger partial charge in [0.2, 0.25) is 0 Å². The van der Waals surface area contributed by atoms with Crippen molar-refractivity contribution in [2.45, 2.75) is 71.1 Å². The molecule has 0 saturated heterocycles. The van der Waals surface area contributed by atoms with E-state index in [1.54, 1.807) is 18.2 Å². The molecular weight excluding hydrogens is 347 g/mol. The first kappa shape index (κ1) is 24.8. The van der Waals surface area contributed by atoms with Gasteiger partial charge in [-0.2, -0.15) is 8.42 Å². The molecule has 1 rings (SSSR count). The molecule has 6 heteroatoms. The number of hydrogen-bond donors (Lipinski definition) is 0.